The van der Waals surface area contributed by atoms with Gasteiger partial charge in [0.2, 0.25) is 11.1 Å². The average Bonchev–Trinajstić information content (AvgIpc) is 3.24. The highest BCUT2D eigenvalue weighted by molar-refractivity contribution is 7.99. The van der Waals surface area contributed by atoms with E-state index in [0.29, 0.717) is 41.4 Å². The highest BCUT2D eigenvalue weighted by atomic mass is 32.2. The van der Waals surface area contributed by atoms with Gasteiger partial charge in [-0.3, -0.25) is 9.89 Å². The predicted molar refractivity (Wildman–Crippen MR) is 119 cm³/mol. The van der Waals surface area contributed by atoms with Crippen molar-refractivity contribution in [3.05, 3.63) is 48.0 Å². The molecule has 0 aliphatic heterocycles. The van der Waals surface area contributed by atoms with Crippen molar-refractivity contribution in [1.29, 1.82) is 0 Å². The number of rotatable bonds is 10. The van der Waals surface area contributed by atoms with Gasteiger partial charge < -0.3 is 14.8 Å². The lowest BCUT2D eigenvalue weighted by Crippen LogP contribution is -2.15. The molecule has 3 aromatic rings. The zero-order valence-electron chi connectivity index (χ0n) is 17.4. The topological polar surface area (TPSA) is 89.1 Å². The maximum Gasteiger partial charge on any atom is 0.234 e. The van der Waals surface area contributed by atoms with E-state index in [4.69, 9.17) is 9.47 Å². The van der Waals surface area contributed by atoms with Gasteiger partial charge in [-0.15, -0.1) is 5.10 Å². The number of amides is 1. The van der Waals surface area contributed by atoms with E-state index in [1.807, 2.05) is 32.0 Å². The summed E-state index contributed by atoms with van der Waals surface area (Å²) >= 11 is 1.27. The van der Waals surface area contributed by atoms with Crippen LogP contribution in [-0.2, 0) is 11.2 Å². The predicted octanol–water partition coefficient (Wildman–Crippen LogP) is 4.56. The molecule has 0 fully saturated rings. The quantitative estimate of drug-likeness (QED) is 0.462. The van der Waals surface area contributed by atoms with Gasteiger partial charge in [0.1, 0.15) is 11.5 Å². The van der Waals surface area contributed by atoms with E-state index in [1.54, 1.807) is 12.1 Å². The highest BCUT2D eigenvalue weighted by Gasteiger charge is 2.12. The monoisotopic (exact) mass is 426 g/mol. The third-order valence-electron chi connectivity index (χ3n) is 4.27. The van der Waals surface area contributed by atoms with E-state index in [-0.39, 0.29) is 11.7 Å². The summed E-state index contributed by atoms with van der Waals surface area (Å²) in [7, 11) is 0. The number of aryl methyl sites for hydroxylation is 1. The van der Waals surface area contributed by atoms with Gasteiger partial charge >= 0.3 is 0 Å². The lowest BCUT2D eigenvalue weighted by atomic mass is 10.1. The van der Waals surface area contributed by atoms with Crippen molar-refractivity contribution < 1.29 is 14.3 Å². The Morgan fingerprint density at radius 1 is 1.07 bits per heavy atom. The van der Waals surface area contributed by atoms with Crippen molar-refractivity contribution in [3.8, 4) is 22.9 Å². The normalized spacial score (nSPS) is 10.6. The van der Waals surface area contributed by atoms with Gasteiger partial charge in [-0.2, -0.15) is 0 Å². The number of ether oxygens (including phenoxy) is 2. The summed E-state index contributed by atoms with van der Waals surface area (Å²) < 4.78 is 11.1. The molecule has 0 aliphatic carbocycles. The number of carbonyl (C=O) groups excluding carboxylic acids is 1. The number of carbonyl (C=O) groups is 1. The molecule has 0 unspecified atom stereocenters. The molecule has 0 saturated heterocycles. The molecule has 2 N–H and O–H groups in total. The fraction of sp³-hybridized carbons (Fsp3) is 0.318. The highest BCUT2D eigenvalue weighted by Crippen LogP contribution is 2.30. The van der Waals surface area contributed by atoms with Crippen LogP contribution in [0, 0.1) is 0 Å². The van der Waals surface area contributed by atoms with E-state index in [2.05, 4.69) is 39.6 Å². The second-order valence-electron chi connectivity index (χ2n) is 6.38. The van der Waals surface area contributed by atoms with Gasteiger partial charge in [0.25, 0.3) is 0 Å². The van der Waals surface area contributed by atoms with E-state index < -0.39 is 0 Å². The molecule has 1 heterocycles. The number of anilines is 1. The number of H-pyrrole nitrogens is 1. The Balaban J connectivity index is 1.61. The molecule has 0 spiro atoms. The summed E-state index contributed by atoms with van der Waals surface area (Å²) in [6, 6.07) is 13.6. The fourth-order valence-electron chi connectivity index (χ4n) is 2.80. The van der Waals surface area contributed by atoms with Gasteiger partial charge in [-0.25, -0.2) is 4.98 Å². The molecule has 1 amide bonds. The van der Waals surface area contributed by atoms with Gasteiger partial charge in [0.15, 0.2) is 5.82 Å². The molecule has 1 aromatic heterocycles. The first kappa shape index (κ1) is 21.7. The van der Waals surface area contributed by atoms with Gasteiger partial charge in [-0.1, -0.05) is 43.0 Å². The Bertz CT molecular complexity index is 973. The van der Waals surface area contributed by atoms with Crippen molar-refractivity contribution in [2.45, 2.75) is 32.3 Å². The SMILES string of the molecule is CCOc1ccc(OCC)c(NC(=O)CSc2n[nH]c(-c3ccc(CC)cc3)n2)c1. The average molecular weight is 427 g/mol. The smallest absolute Gasteiger partial charge is 0.234 e. The maximum atomic E-state index is 12.5. The first-order chi connectivity index (χ1) is 14.6. The molecular formula is C22H26N4O3S. The van der Waals surface area contributed by atoms with E-state index >= 15 is 0 Å². The third-order valence-corrected chi connectivity index (χ3v) is 5.12. The lowest BCUT2D eigenvalue weighted by Gasteiger charge is -2.13. The summed E-state index contributed by atoms with van der Waals surface area (Å²) in [4.78, 5) is 16.9. The van der Waals surface area contributed by atoms with Crippen LogP contribution in [0.1, 0.15) is 26.3 Å². The Hall–Kier alpha value is -3.00. The van der Waals surface area contributed by atoms with Crippen LogP contribution in [0.25, 0.3) is 11.4 Å². The second-order valence-corrected chi connectivity index (χ2v) is 7.32. The number of aromatic amines is 1. The summed E-state index contributed by atoms with van der Waals surface area (Å²) in [5, 5.41) is 10.5. The molecule has 0 radical (unpaired) electrons. The van der Waals surface area contributed by atoms with Gasteiger partial charge in [-0.05, 0) is 38.0 Å². The third kappa shape index (κ3) is 5.76. The van der Waals surface area contributed by atoms with E-state index in [9.17, 15) is 4.79 Å². The molecule has 0 atom stereocenters. The van der Waals surface area contributed by atoms with Gasteiger partial charge in [0.05, 0.1) is 24.7 Å². The van der Waals surface area contributed by atoms with E-state index in [0.717, 1.165) is 12.0 Å². The Morgan fingerprint density at radius 2 is 1.83 bits per heavy atom. The fourth-order valence-corrected chi connectivity index (χ4v) is 3.40. The standard InChI is InChI=1S/C22H26N4O3S/c1-4-15-7-9-16(10-8-15)21-24-22(26-25-21)30-14-20(27)23-18-13-17(28-5-2)11-12-19(18)29-6-3/h7-13H,4-6,14H2,1-3H3,(H,23,27)(H,24,25,26). The largest absolute Gasteiger partial charge is 0.494 e. The molecule has 3 rings (SSSR count). The van der Waals surface area contributed by atoms with Crippen LogP contribution in [0.2, 0.25) is 0 Å². The zero-order valence-corrected chi connectivity index (χ0v) is 18.2. The molecular weight excluding hydrogens is 400 g/mol. The van der Waals surface area contributed by atoms with Crippen LogP contribution < -0.4 is 14.8 Å². The number of hydrogen-bond donors (Lipinski definition) is 2. The molecule has 30 heavy (non-hydrogen) atoms. The Morgan fingerprint density at radius 3 is 2.53 bits per heavy atom. The zero-order chi connectivity index (χ0) is 21.3. The van der Waals surface area contributed by atoms with Crippen molar-refractivity contribution in [2.75, 3.05) is 24.3 Å². The molecule has 2 aromatic carbocycles. The van der Waals surface area contributed by atoms with Crippen molar-refractivity contribution in [1.82, 2.24) is 15.2 Å². The van der Waals surface area contributed by atoms with Gasteiger partial charge in [0, 0.05) is 11.6 Å². The number of thioether (sulfide) groups is 1. The van der Waals surface area contributed by atoms with Crippen LogP contribution >= 0.6 is 11.8 Å². The Labute approximate surface area is 180 Å². The molecule has 7 nitrogen and oxygen atoms in total. The first-order valence-corrected chi connectivity index (χ1v) is 11.0. The van der Waals surface area contributed by atoms with Crippen LogP contribution in [-0.4, -0.2) is 40.1 Å². The minimum atomic E-state index is -0.173. The minimum Gasteiger partial charge on any atom is -0.494 e. The van der Waals surface area contributed by atoms with Crippen LogP contribution in [0.5, 0.6) is 11.5 Å². The maximum absolute atomic E-state index is 12.5. The van der Waals surface area contributed by atoms with E-state index in [1.165, 1.54) is 17.3 Å². The van der Waals surface area contributed by atoms with Crippen molar-refractivity contribution in [3.63, 3.8) is 0 Å². The Kier molecular flexibility index (Phi) is 7.73. The lowest BCUT2D eigenvalue weighted by molar-refractivity contribution is -0.113. The van der Waals surface area contributed by atoms with Crippen molar-refractivity contribution >= 4 is 23.4 Å². The first-order valence-electron chi connectivity index (χ1n) is 9.96. The molecule has 8 heteroatoms. The van der Waals surface area contributed by atoms with Crippen LogP contribution in [0.3, 0.4) is 0 Å². The number of hydrogen-bond acceptors (Lipinski definition) is 6. The molecule has 0 aliphatic rings. The van der Waals surface area contributed by atoms with Crippen LogP contribution in [0.4, 0.5) is 5.69 Å². The summed E-state index contributed by atoms with van der Waals surface area (Å²) in [6.45, 7) is 6.98. The molecule has 0 saturated carbocycles. The summed E-state index contributed by atoms with van der Waals surface area (Å²) in [6.07, 6.45) is 0.991. The number of aromatic nitrogens is 3. The number of nitrogens with one attached hydrogen (secondary N) is 2. The number of nitrogens with zero attached hydrogens (tertiary/aromatic N) is 2. The summed E-state index contributed by atoms with van der Waals surface area (Å²) in [5.74, 6) is 1.97. The second kappa shape index (κ2) is 10.7. The molecule has 158 valence electrons. The molecule has 0 bridgehead atoms. The van der Waals surface area contributed by atoms with Crippen LogP contribution in [0.15, 0.2) is 47.6 Å². The summed E-state index contributed by atoms with van der Waals surface area (Å²) in [5.41, 5.74) is 2.81. The minimum absolute atomic E-state index is 0.173. The number of benzene rings is 2. The van der Waals surface area contributed by atoms with Crippen molar-refractivity contribution in [2.24, 2.45) is 0 Å².